The molecule has 0 spiro atoms. The first-order chi connectivity index (χ1) is 19.9. The monoisotopic (exact) mass is 599 g/mol. The molecule has 0 heterocycles. The Kier molecular flexibility index (Phi) is 13.9. The first-order valence-electron chi connectivity index (χ1n) is 13.8. The number of Topliss-reactive ketones (excluding diaryl/α,β-unsaturated/α-hetero) is 1. The van der Waals surface area contributed by atoms with Gasteiger partial charge in [-0.15, -0.1) is 11.6 Å². The highest BCUT2D eigenvalue weighted by Gasteiger charge is 2.30. The largest absolute Gasteiger partial charge is 0.444 e. The zero-order valence-corrected chi connectivity index (χ0v) is 25.2. The summed E-state index contributed by atoms with van der Waals surface area (Å²) in [6.07, 6.45) is 0.375. The highest BCUT2D eigenvalue weighted by atomic mass is 35.5. The molecule has 11 heteroatoms. The van der Waals surface area contributed by atoms with E-state index in [1.54, 1.807) is 20.8 Å². The van der Waals surface area contributed by atoms with Gasteiger partial charge in [-0.3, -0.25) is 14.4 Å². The van der Waals surface area contributed by atoms with Gasteiger partial charge in [0.25, 0.3) is 0 Å². The maximum absolute atomic E-state index is 13.6. The maximum atomic E-state index is 13.6. The lowest BCUT2D eigenvalue weighted by Gasteiger charge is -2.26. The number of ketones is 1. The molecule has 42 heavy (non-hydrogen) atoms. The minimum atomic E-state index is -1.05. The van der Waals surface area contributed by atoms with E-state index >= 15 is 0 Å². The normalized spacial score (nSPS) is 13.1. The van der Waals surface area contributed by atoms with Crippen molar-refractivity contribution in [2.45, 2.75) is 70.2 Å². The van der Waals surface area contributed by atoms with Crippen LogP contribution in [0.3, 0.4) is 0 Å². The second-order valence-electron chi connectivity index (χ2n) is 10.9. The number of alkyl carbamates (subject to hydrolysis) is 1. The number of amides is 3. The number of hydrogen-bond acceptors (Lipinski definition) is 7. The zero-order valence-electron chi connectivity index (χ0n) is 24.5. The molecule has 2 rings (SSSR count). The summed E-state index contributed by atoms with van der Waals surface area (Å²) in [6.45, 7) is 9.20. The SMILES string of the molecule is C=C(N)NCCC[C@H](NC(=O)[C@H](Cc1ccccc1)NC(=O)[C@@H](Cc1ccccc1)NC(=O)OC(C)(C)C)C(=O)CCl. The molecule has 3 amide bonds. The summed E-state index contributed by atoms with van der Waals surface area (Å²) in [4.78, 5) is 52.4. The molecule has 2 aromatic carbocycles. The third-order valence-corrected chi connectivity index (χ3v) is 6.33. The van der Waals surface area contributed by atoms with Gasteiger partial charge in [-0.1, -0.05) is 67.2 Å². The third-order valence-electron chi connectivity index (χ3n) is 6.06. The van der Waals surface area contributed by atoms with E-state index in [-0.39, 0.29) is 24.5 Å². The molecule has 0 saturated carbocycles. The minimum Gasteiger partial charge on any atom is -0.444 e. The standard InChI is InChI=1S/C31H42ClN5O5/c1-21(33)34-17-11-16-24(27(38)20-32)35-28(39)25(18-22-12-7-5-8-13-22)36-29(40)26(19-23-14-9-6-10-15-23)37-30(41)42-31(2,3)4/h5-10,12-15,24-26,34H,1,11,16-20,33H2,2-4H3,(H,35,39)(H,36,40)(H,37,41)/t24-,25-,26+/m0/s1. The van der Waals surface area contributed by atoms with Crippen molar-refractivity contribution in [2.75, 3.05) is 12.4 Å². The predicted octanol–water partition coefficient (Wildman–Crippen LogP) is 2.94. The Bertz CT molecular complexity index is 1190. The molecule has 0 aliphatic rings. The number of benzene rings is 2. The molecule has 0 saturated heterocycles. The van der Waals surface area contributed by atoms with Gasteiger partial charge in [-0.05, 0) is 44.7 Å². The van der Waals surface area contributed by atoms with Crippen LogP contribution in [0.4, 0.5) is 4.79 Å². The molecule has 0 aliphatic heterocycles. The van der Waals surface area contributed by atoms with Crippen LogP contribution in [0.25, 0.3) is 0 Å². The number of carbonyl (C=O) groups excluding carboxylic acids is 4. The molecule has 0 fully saturated rings. The van der Waals surface area contributed by atoms with Gasteiger partial charge in [-0.2, -0.15) is 0 Å². The van der Waals surface area contributed by atoms with Crippen molar-refractivity contribution in [1.29, 1.82) is 0 Å². The van der Waals surface area contributed by atoms with Gasteiger partial charge >= 0.3 is 6.09 Å². The molecule has 0 bridgehead atoms. The summed E-state index contributed by atoms with van der Waals surface area (Å²) in [7, 11) is 0. The molecule has 0 unspecified atom stereocenters. The average Bonchev–Trinajstić information content (AvgIpc) is 2.93. The topological polar surface area (TPSA) is 152 Å². The molecule has 0 aliphatic carbocycles. The van der Waals surface area contributed by atoms with Crippen molar-refractivity contribution in [3.63, 3.8) is 0 Å². The molecular weight excluding hydrogens is 558 g/mol. The lowest BCUT2D eigenvalue weighted by molar-refractivity contribution is -0.131. The van der Waals surface area contributed by atoms with E-state index in [9.17, 15) is 19.2 Å². The smallest absolute Gasteiger partial charge is 0.408 e. The second-order valence-corrected chi connectivity index (χ2v) is 11.2. The number of hydrogen-bond donors (Lipinski definition) is 5. The van der Waals surface area contributed by atoms with Crippen LogP contribution in [-0.4, -0.2) is 59.8 Å². The van der Waals surface area contributed by atoms with Crippen LogP contribution in [0.1, 0.15) is 44.7 Å². The molecule has 10 nitrogen and oxygen atoms in total. The fourth-order valence-electron chi connectivity index (χ4n) is 4.07. The van der Waals surface area contributed by atoms with E-state index in [1.807, 2.05) is 60.7 Å². The van der Waals surface area contributed by atoms with E-state index in [0.29, 0.717) is 25.2 Å². The lowest BCUT2D eigenvalue weighted by atomic mass is 10.0. The van der Waals surface area contributed by atoms with Crippen molar-refractivity contribution in [1.82, 2.24) is 21.3 Å². The van der Waals surface area contributed by atoms with Crippen molar-refractivity contribution in [3.8, 4) is 0 Å². The Balaban J connectivity index is 2.27. The quantitative estimate of drug-likeness (QED) is 0.147. The van der Waals surface area contributed by atoms with Gasteiger partial charge in [-0.25, -0.2) is 4.79 Å². The van der Waals surface area contributed by atoms with Crippen molar-refractivity contribution in [2.24, 2.45) is 5.73 Å². The first kappa shape index (κ1) is 34.2. The van der Waals surface area contributed by atoms with E-state index in [1.165, 1.54) is 0 Å². The van der Waals surface area contributed by atoms with Gasteiger partial charge < -0.3 is 31.7 Å². The average molecular weight is 600 g/mol. The second kappa shape index (κ2) is 17.0. The summed E-state index contributed by atoms with van der Waals surface area (Å²) >= 11 is 5.83. The summed E-state index contributed by atoms with van der Waals surface area (Å²) in [5.41, 5.74) is 6.36. The number of rotatable bonds is 16. The number of nitrogens with two attached hydrogens (primary N) is 1. The van der Waals surface area contributed by atoms with Crippen LogP contribution < -0.4 is 27.0 Å². The summed E-state index contributed by atoms with van der Waals surface area (Å²) < 4.78 is 5.38. The third kappa shape index (κ3) is 13.1. The first-order valence-corrected chi connectivity index (χ1v) is 14.4. The summed E-state index contributed by atoms with van der Waals surface area (Å²) in [6, 6.07) is 15.4. The van der Waals surface area contributed by atoms with Gasteiger partial charge in [0.05, 0.1) is 17.7 Å². The van der Waals surface area contributed by atoms with Crippen LogP contribution in [0.15, 0.2) is 73.1 Å². The number of halogens is 1. The van der Waals surface area contributed by atoms with Crippen molar-refractivity contribution >= 4 is 35.3 Å². The van der Waals surface area contributed by atoms with Crippen LogP contribution >= 0.6 is 11.6 Å². The van der Waals surface area contributed by atoms with E-state index in [2.05, 4.69) is 27.8 Å². The Morgan fingerprint density at radius 1 is 0.833 bits per heavy atom. The molecule has 3 atom stereocenters. The fraction of sp³-hybridized carbons (Fsp3) is 0.419. The number of carbonyl (C=O) groups is 4. The zero-order chi connectivity index (χ0) is 31.1. The number of alkyl halides is 1. The Morgan fingerprint density at radius 3 is 1.76 bits per heavy atom. The Labute approximate surface area is 252 Å². The van der Waals surface area contributed by atoms with E-state index in [0.717, 1.165) is 11.1 Å². The molecule has 228 valence electrons. The van der Waals surface area contributed by atoms with E-state index in [4.69, 9.17) is 22.1 Å². The highest BCUT2D eigenvalue weighted by molar-refractivity contribution is 6.28. The maximum Gasteiger partial charge on any atom is 0.408 e. The molecule has 2 aromatic rings. The van der Waals surface area contributed by atoms with E-state index < -0.39 is 41.6 Å². The Morgan fingerprint density at radius 2 is 1.31 bits per heavy atom. The molecule has 0 aromatic heterocycles. The van der Waals surface area contributed by atoms with Gasteiger partial charge in [0.15, 0.2) is 5.78 Å². The van der Waals surface area contributed by atoms with Gasteiger partial charge in [0.2, 0.25) is 11.8 Å². The predicted molar refractivity (Wildman–Crippen MR) is 164 cm³/mol. The van der Waals surface area contributed by atoms with Crippen LogP contribution in [0.5, 0.6) is 0 Å². The minimum absolute atomic E-state index is 0.152. The van der Waals surface area contributed by atoms with Crippen molar-refractivity contribution in [3.05, 3.63) is 84.2 Å². The van der Waals surface area contributed by atoms with Crippen LogP contribution in [0.2, 0.25) is 0 Å². The van der Waals surface area contributed by atoms with Crippen LogP contribution in [0, 0.1) is 0 Å². The van der Waals surface area contributed by atoms with Gasteiger partial charge in [0, 0.05) is 19.4 Å². The number of nitrogens with one attached hydrogen (secondary N) is 4. The summed E-state index contributed by atoms with van der Waals surface area (Å²) in [5, 5.41) is 11.1. The van der Waals surface area contributed by atoms with Crippen LogP contribution in [-0.2, 0) is 32.0 Å². The van der Waals surface area contributed by atoms with Gasteiger partial charge in [0.1, 0.15) is 17.7 Å². The molecular formula is C31H42ClN5O5. The Hall–Kier alpha value is -4.05. The number of ether oxygens (including phenoxy) is 1. The molecule has 6 N–H and O–H groups in total. The molecule has 0 radical (unpaired) electrons. The highest BCUT2D eigenvalue weighted by Crippen LogP contribution is 2.11. The van der Waals surface area contributed by atoms with Crippen molar-refractivity contribution < 1.29 is 23.9 Å². The fourth-order valence-corrected chi connectivity index (χ4v) is 4.26. The summed E-state index contributed by atoms with van der Waals surface area (Å²) in [5.74, 6) is -1.46. The lowest BCUT2D eigenvalue weighted by Crippen LogP contribution is -2.57.